The van der Waals surface area contributed by atoms with E-state index in [2.05, 4.69) is 37.6 Å². The molecule has 0 aromatic carbocycles. The summed E-state index contributed by atoms with van der Waals surface area (Å²) in [7, 11) is 0. The predicted octanol–water partition coefficient (Wildman–Crippen LogP) is 3.35. The molecule has 36 heavy (non-hydrogen) atoms. The zero-order chi connectivity index (χ0) is 25.2. The Bertz CT molecular complexity index is 1000. The zero-order valence-electron chi connectivity index (χ0n) is 21.0. The van der Waals surface area contributed by atoms with Crippen LogP contribution in [0.4, 0.5) is 5.82 Å². The number of hydrogen-bond acceptors (Lipinski definition) is 7. The van der Waals surface area contributed by atoms with Crippen LogP contribution in [-0.2, 0) is 29.0 Å². The first kappa shape index (κ1) is 26.0. The van der Waals surface area contributed by atoms with Crippen LogP contribution in [-0.4, -0.2) is 62.0 Å². The van der Waals surface area contributed by atoms with Gasteiger partial charge in [0.25, 0.3) is 0 Å². The third-order valence-corrected chi connectivity index (χ3v) is 7.17. The fraction of sp³-hybridized carbons (Fsp3) is 0.593. The molecule has 9 heteroatoms. The lowest BCUT2D eigenvalue weighted by Crippen LogP contribution is -2.49. The number of nitrogens with one attached hydrogen (secondary N) is 2. The second kappa shape index (κ2) is 13.3. The summed E-state index contributed by atoms with van der Waals surface area (Å²) < 4.78 is 0. The molecule has 9 nitrogen and oxygen atoms in total. The Morgan fingerprint density at radius 3 is 2.81 bits per heavy atom. The molecule has 2 aliphatic heterocycles. The van der Waals surface area contributed by atoms with Gasteiger partial charge in [0.1, 0.15) is 18.2 Å². The Labute approximate surface area is 213 Å². The van der Waals surface area contributed by atoms with Crippen molar-refractivity contribution in [1.82, 2.24) is 25.2 Å². The molecule has 0 unspecified atom stereocenters. The Balaban J connectivity index is 1.14. The van der Waals surface area contributed by atoms with Crippen LogP contribution in [0.5, 0.6) is 0 Å². The summed E-state index contributed by atoms with van der Waals surface area (Å²) >= 11 is 0. The largest absolute Gasteiger partial charge is 0.480 e. The molecule has 2 atom stereocenters. The molecule has 2 aromatic heterocycles. The predicted molar refractivity (Wildman–Crippen MR) is 137 cm³/mol. The highest BCUT2D eigenvalue weighted by molar-refractivity contribution is 5.87. The Kier molecular flexibility index (Phi) is 9.61. The standard InChI is InChI=1S/C27H38N6O3/c34-26(24-11-7-17-33(24)18-22-14-16-28-19-30-22)32-23(27(35)36)10-5-3-1-2-4-9-21-13-12-20-8-6-15-29-25(20)31-21/h12-14,16,19,23-24H,1-11,15,17-18H2,(H,29,31)(H,32,34)(H,35,36)/t23-,24-/m0/s1. The van der Waals surface area contributed by atoms with Gasteiger partial charge in [0.15, 0.2) is 0 Å². The molecule has 2 aromatic rings. The molecule has 1 fully saturated rings. The van der Waals surface area contributed by atoms with E-state index in [0.717, 1.165) is 88.1 Å². The molecule has 4 heterocycles. The van der Waals surface area contributed by atoms with Crippen LogP contribution in [0.25, 0.3) is 0 Å². The Morgan fingerprint density at radius 1 is 1.11 bits per heavy atom. The van der Waals surface area contributed by atoms with Crippen molar-refractivity contribution < 1.29 is 14.7 Å². The van der Waals surface area contributed by atoms with E-state index in [1.54, 1.807) is 6.20 Å². The lowest BCUT2D eigenvalue weighted by Gasteiger charge is -2.25. The number of fused-ring (bicyclic) bond motifs is 1. The summed E-state index contributed by atoms with van der Waals surface area (Å²) in [5, 5.41) is 15.8. The maximum Gasteiger partial charge on any atom is 0.326 e. The fourth-order valence-corrected chi connectivity index (χ4v) is 5.15. The summed E-state index contributed by atoms with van der Waals surface area (Å²) in [5.41, 5.74) is 3.31. The van der Waals surface area contributed by atoms with Crippen LogP contribution >= 0.6 is 0 Å². The van der Waals surface area contributed by atoms with Gasteiger partial charge in [0.05, 0.1) is 11.7 Å². The Hall–Kier alpha value is -3.07. The number of aryl methyl sites for hydroxylation is 2. The van der Waals surface area contributed by atoms with E-state index in [0.29, 0.717) is 13.0 Å². The molecule has 2 aliphatic rings. The van der Waals surface area contributed by atoms with Gasteiger partial charge in [-0.3, -0.25) is 9.69 Å². The van der Waals surface area contributed by atoms with E-state index >= 15 is 0 Å². The number of carboxylic acids is 1. The number of nitrogens with zero attached hydrogens (tertiary/aromatic N) is 4. The maximum absolute atomic E-state index is 12.9. The van der Waals surface area contributed by atoms with Gasteiger partial charge in [-0.25, -0.2) is 19.7 Å². The number of likely N-dealkylation sites (tertiary alicyclic amines) is 1. The first-order valence-electron chi connectivity index (χ1n) is 13.3. The number of carboxylic acid groups (broad SMARTS) is 1. The highest BCUT2D eigenvalue weighted by Gasteiger charge is 2.33. The van der Waals surface area contributed by atoms with Crippen molar-refractivity contribution in [1.29, 1.82) is 0 Å². The number of carbonyl (C=O) groups is 2. The van der Waals surface area contributed by atoms with Crippen molar-refractivity contribution in [3.63, 3.8) is 0 Å². The molecule has 194 valence electrons. The minimum Gasteiger partial charge on any atom is -0.480 e. The van der Waals surface area contributed by atoms with E-state index in [9.17, 15) is 14.7 Å². The highest BCUT2D eigenvalue weighted by atomic mass is 16.4. The minimum absolute atomic E-state index is 0.194. The summed E-state index contributed by atoms with van der Waals surface area (Å²) in [5.74, 6) is -0.105. The average Bonchev–Trinajstić information content (AvgIpc) is 3.36. The van der Waals surface area contributed by atoms with E-state index in [1.165, 1.54) is 18.3 Å². The molecule has 0 spiro atoms. The zero-order valence-corrected chi connectivity index (χ0v) is 21.0. The first-order chi connectivity index (χ1) is 17.6. The molecule has 1 saturated heterocycles. The fourth-order valence-electron chi connectivity index (χ4n) is 5.15. The van der Waals surface area contributed by atoms with Gasteiger partial charge >= 0.3 is 5.97 Å². The maximum atomic E-state index is 12.9. The molecule has 0 radical (unpaired) electrons. The van der Waals surface area contributed by atoms with Crippen molar-refractivity contribution in [2.45, 2.75) is 89.3 Å². The monoisotopic (exact) mass is 494 g/mol. The van der Waals surface area contributed by atoms with Crippen LogP contribution in [0, 0.1) is 0 Å². The number of amides is 1. The van der Waals surface area contributed by atoms with Crippen molar-refractivity contribution in [3.8, 4) is 0 Å². The van der Waals surface area contributed by atoms with Gasteiger partial charge in [-0.05, 0) is 69.2 Å². The van der Waals surface area contributed by atoms with E-state index in [1.807, 2.05) is 6.07 Å². The Morgan fingerprint density at radius 2 is 1.97 bits per heavy atom. The highest BCUT2D eigenvalue weighted by Crippen LogP contribution is 2.21. The summed E-state index contributed by atoms with van der Waals surface area (Å²) in [6.07, 6.45) is 13.5. The average molecular weight is 495 g/mol. The number of rotatable bonds is 13. The quantitative estimate of drug-likeness (QED) is 0.363. The first-order valence-corrected chi connectivity index (χ1v) is 13.3. The number of aliphatic carboxylic acids is 1. The molecule has 3 N–H and O–H groups in total. The number of carbonyl (C=O) groups excluding carboxylic acids is 1. The molecule has 0 aliphatic carbocycles. The number of hydrogen-bond donors (Lipinski definition) is 3. The van der Waals surface area contributed by atoms with Gasteiger partial charge in [0.2, 0.25) is 5.91 Å². The normalized spacial score (nSPS) is 18.3. The van der Waals surface area contributed by atoms with Crippen LogP contribution in [0.2, 0.25) is 0 Å². The lowest BCUT2D eigenvalue weighted by molar-refractivity contribution is -0.142. The summed E-state index contributed by atoms with van der Waals surface area (Å²) in [6, 6.07) is 5.03. The molecule has 1 amide bonds. The SMILES string of the molecule is O=C(O)[C@H](CCCCCCCc1ccc2c(n1)NCCC2)NC(=O)[C@@H]1CCCN1Cc1ccncn1. The van der Waals surface area contributed by atoms with E-state index in [-0.39, 0.29) is 11.9 Å². The van der Waals surface area contributed by atoms with Crippen molar-refractivity contribution in [3.05, 3.63) is 47.7 Å². The van der Waals surface area contributed by atoms with Crippen LogP contribution < -0.4 is 10.6 Å². The molecule has 0 saturated carbocycles. The lowest BCUT2D eigenvalue weighted by atomic mass is 10.0. The van der Waals surface area contributed by atoms with E-state index in [4.69, 9.17) is 4.98 Å². The van der Waals surface area contributed by atoms with Gasteiger partial charge in [-0.2, -0.15) is 0 Å². The molecular weight excluding hydrogens is 456 g/mol. The van der Waals surface area contributed by atoms with Crippen molar-refractivity contribution >= 4 is 17.7 Å². The number of unbranched alkanes of at least 4 members (excludes halogenated alkanes) is 4. The molecule has 0 bridgehead atoms. The smallest absolute Gasteiger partial charge is 0.326 e. The summed E-state index contributed by atoms with van der Waals surface area (Å²) in [6.45, 7) is 2.37. The number of aromatic nitrogens is 3. The van der Waals surface area contributed by atoms with Crippen molar-refractivity contribution in [2.24, 2.45) is 0 Å². The second-order valence-electron chi connectivity index (χ2n) is 9.88. The third kappa shape index (κ3) is 7.46. The van der Waals surface area contributed by atoms with E-state index < -0.39 is 12.0 Å². The number of pyridine rings is 1. The van der Waals surface area contributed by atoms with Crippen LogP contribution in [0.15, 0.2) is 30.7 Å². The second-order valence-corrected chi connectivity index (χ2v) is 9.88. The molecule has 4 rings (SSSR count). The minimum atomic E-state index is -0.962. The number of anilines is 1. The van der Waals surface area contributed by atoms with Crippen molar-refractivity contribution in [2.75, 3.05) is 18.4 Å². The third-order valence-electron chi connectivity index (χ3n) is 7.17. The topological polar surface area (TPSA) is 120 Å². The molecular formula is C27H38N6O3. The van der Waals surface area contributed by atoms with Crippen LogP contribution in [0.3, 0.4) is 0 Å². The van der Waals surface area contributed by atoms with Crippen LogP contribution in [0.1, 0.15) is 74.7 Å². The van der Waals surface area contributed by atoms with Gasteiger partial charge in [-0.15, -0.1) is 0 Å². The van der Waals surface area contributed by atoms with Gasteiger partial charge in [-0.1, -0.05) is 31.7 Å². The van der Waals surface area contributed by atoms with Gasteiger partial charge < -0.3 is 15.7 Å². The van der Waals surface area contributed by atoms with Gasteiger partial charge in [0, 0.05) is 25.0 Å². The summed E-state index contributed by atoms with van der Waals surface area (Å²) in [4.78, 5) is 39.7.